The van der Waals surface area contributed by atoms with Crippen molar-refractivity contribution in [3.05, 3.63) is 158 Å². The first kappa shape index (κ1) is 74.0. The maximum absolute atomic E-state index is 12.9. The number of carbonyl (C=O) groups excluding carboxylic acids is 3. The van der Waals surface area contributed by atoms with E-state index in [-0.39, 0.29) is 44.0 Å². The first-order valence-electron chi connectivity index (χ1n) is 32.0. The van der Waals surface area contributed by atoms with Crippen molar-refractivity contribution < 1.29 is 28.6 Å². The van der Waals surface area contributed by atoms with Gasteiger partial charge in [-0.25, -0.2) is 0 Å². The summed E-state index contributed by atoms with van der Waals surface area (Å²) in [4.78, 5) is 38.2. The molecule has 0 aliphatic carbocycles. The fraction of sp³-hybridized carbons (Fsp3) is 0.603. The van der Waals surface area contributed by atoms with Crippen LogP contribution in [-0.2, 0) is 28.6 Å². The highest BCUT2D eigenvalue weighted by Gasteiger charge is 2.19. The van der Waals surface area contributed by atoms with Gasteiger partial charge in [0.1, 0.15) is 13.2 Å². The third kappa shape index (κ3) is 63.7. The first-order valence-corrected chi connectivity index (χ1v) is 32.0. The second-order valence-corrected chi connectivity index (χ2v) is 20.5. The zero-order chi connectivity index (χ0) is 57.1. The van der Waals surface area contributed by atoms with Crippen molar-refractivity contribution in [2.45, 2.75) is 271 Å². The number of unbranched alkanes of at least 4 members (excludes halogenated alkanes) is 19. The van der Waals surface area contributed by atoms with Gasteiger partial charge in [-0.05, 0) is 128 Å². The van der Waals surface area contributed by atoms with Crippen molar-refractivity contribution in [3.8, 4) is 0 Å². The van der Waals surface area contributed by atoms with E-state index in [0.717, 1.165) is 135 Å². The zero-order valence-electron chi connectivity index (χ0n) is 50.8. The summed E-state index contributed by atoms with van der Waals surface area (Å²) in [6, 6.07) is 0. The Morgan fingerprint density at radius 1 is 0.253 bits per heavy atom. The molecule has 6 heteroatoms. The smallest absolute Gasteiger partial charge is 0.306 e. The maximum atomic E-state index is 12.9. The van der Waals surface area contributed by atoms with Gasteiger partial charge in [0.15, 0.2) is 6.10 Å². The van der Waals surface area contributed by atoms with Crippen LogP contribution in [0.3, 0.4) is 0 Å². The van der Waals surface area contributed by atoms with Gasteiger partial charge in [-0.15, -0.1) is 0 Å². The van der Waals surface area contributed by atoms with Crippen molar-refractivity contribution in [2.75, 3.05) is 13.2 Å². The number of rotatable bonds is 56. The van der Waals surface area contributed by atoms with E-state index in [2.05, 4.69) is 167 Å². The molecule has 0 saturated carbocycles. The Hall–Kier alpha value is -4.97. The minimum atomic E-state index is -0.827. The summed E-state index contributed by atoms with van der Waals surface area (Å²) in [6.07, 6.45) is 95.6. The fourth-order valence-electron chi connectivity index (χ4n) is 8.36. The SMILES string of the molecule is CC/C=C\C/C=C\C/C=C\C/C=C\C/C=C\CCCCCCCCCCCCCCCCCC(=O)OCC(COC(=O)CC/C=C\C/C=C\C/C=C\C/C=C\CC)OC(=O)CCCCCC/C=C\C/C=C\C/C=C\C/C=C\CC. The lowest BCUT2D eigenvalue weighted by atomic mass is 10.0. The molecule has 79 heavy (non-hydrogen) atoms. The van der Waals surface area contributed by atoms with Crippen molar-refractivity contribution in [1.29, 1.82) is 0 Å². The fourth-order valence-corrected chi connectivity index (χ4v) is 8.36. The number of carbonyl (C=O) groups is 3. The zero-order valence-corrected chi connectivity index (χ0v) is 50.8. The molecule has 0 aromatic carbocycles. The van der Waals surface area contributed by atoms with Crippen LogP contribution in [0.1, 0.15) is 265 Å². The van der Waals surface area contributed by atoms with E-state index in [0.29, 0.717) is 12.8 Å². The average Bonchev–Trinajstić information content (AvgIpc) is 3.45. The molecule has 0 N–H and O–H groups in total. The standard InChI is InChI=1S/C73H116O6/c1-4-7-10-13-16-19-22-25-27-29-30-31-32-33-34-35-36-37-38-39-40-41-42-44-45-48-51-54-57-60-63-66-72(75)78-69-70(68-77-71(74)65-62-59-56-53-50-47-24-21-18-15-12-9-6-3)79-73(76)67-64-61-58-55-52-49-46-43-28-26-23-20-17-14-11-8-5-2/h7-12,16-21,25-28,30-31,33-34,46-47,49-50,56,59,70H,4-6,13-15,22-24,29,32,35-45,48,51-55,57-58,60-69H2,1-3H3/b10-7-,11-8-,12-9-,19-16-,20-17-,21-18-,27-25-,28-26-,31-30-,34-33-,49-46-,50-47-,59-56-. The minimum Gasteiger partial charge on any atom is -0.462 e. The van der Waals surface area contributed by atoms with E-state index in [4.69, 9.17) is 14.2 Å². The van der Waals surface area contributed by atoms with E-state index < -0.39 is 6.10 Å². The number of hydrogen-bond acceptors (Lipinski definition) is 6. The molecule has 1 atom stereocenters. The second kappa shape index (κ2) is 65.5. The Labute approximate surface area is 486 Å². The van der Waals surface area contributed by atoms with Gasteiger partial charge < -0.3 is 14.2 Å². The van der Waals surface area contributed by atoms with Crippen molar-refractivity contribution in [3.63, 3.8) is 0 Å². The molecule has 0 saturated heterocycles. The summed E-state index contributed by atoms with van der Waals surface area (Å²) in [7, 11) is 0. The number of esters is 3. The van der Waals surface area contributed by atoms with Gasteiger partial charge in [0.2, 0.25) is 0 Å². The largest absolute Gasteiger partial charge is 0.462 e. The molecule has 0 heterocycles. The van der Waals surface area contributed by atoms with Crippen LogP contribution in [0, 0.1) is 0 Å². The molecule has 6 nitrogen and oxygen atoms in total. The third-order valence-corrected chi connectivity index (χ3v) is 13.0. The molecule has 0 radical (unpaired) electrons. The average molecular weight is 1090 g/mol. The van der Waals surface area contributed by atoms with Crippen LogP contribution in [0.5, 0.6) is 0 Å². The molecule has 0 fully saturated rings. The summed E-state index contributed by atoms with van der Waals surface area (Å²) < 4.78 is 16.8. The predicted octanol–water partition coefficient (Wildman–Crippen LogP) is 22.1. The van der Waals surface area contributed by atoms with Gasteiger partial charge in [0, 0.05) is 19.3 Å². The topological polar surface area (TPSA) is 78.9 Å². The molecule has 0 spiro atoms. The Kier molecular flexibility index (Phi) is 61.4. The minimum absolute atomic E-state index is 0.115. The molecule has 0 aromatic rings. The van der Waals surface area contributed by atoms with Crippen molar-refractivity contribution >= 4 is 17.9 Å². The van der Waals surface area contributed by atoms with Gasteiger partial charge >= 0.3 is 17.9 Å². The normalized spacial score (nSPS) is 13.2. The third-order valence-electron chi connectivity index (χ3n) is 13.0. The molecule has 0 bridgehead atoms. The van der Waals surface area contributed by atoms with Gasteiger partial charge in [0.25, 0.3) is 0 Å². The summed E-state index contributed by atoms with van der Waals surface area (Å²) in [5.41, 5.74) is 0. The van der Waals surface area contributed by atoms with Crippen molar-refractivity contribution in [1.82, 2.24) is 0 Å². The molecule has 1 unspecified atom stereocenters. The highest BCUT2D eigenvalue weighted by molar-refractivity contribution is 5.71. The van der Waals surface area contributed by atoms with E-state index >= 15 is 0 Å². The quantitative estimate of drug-likeness (QED) is 0.0261. The molecular weight excluding hydrogens is 973 g/mol. The van der Waals surface area contributed by atoms with Gasteiger partial charge in [-0.1, -0.05) is 275 Å². The number of hydrogen-bond donors (Lipinski definition) is 0. The van der Waals surface area contributed by atoms with Crippen LogP contribution < -0.4 is 0 Å². The Morgan fingerprint density at radius 3 is 0.785 bits per heavy atom. The lowest BCUT2D eigenvalue weighted by Gasteiger charge is -2.18. The van der Waals surface area contributed by atoms with Crippen molar-refractivity contribution in [2.24, 2.45) is 0 Å². The summed E-state index contributed by atoms with van der Waals surface area (Å²) >= 11 is 0. The summed E-state index contributed by atoms with van der Waals surface area (Å²) in [5, 5.41) is 0. The monoisotopic (exact) mass is 1090 g/mol. The molecule has 0 aliphatic rings. The molecule has 0 aliphatic heterocycles. The molecule has 444 valence electrons. The van der Waals surface area contributed by atoms with E-state index in [9.17, 15) is 14.4 Å². The van der Waals surface area contributed by atoms with Crippen LogP contribution in [0.4, 0.5) is 0 Å². The lowest BCUT2D eigenvalue weighted by molar-refractivity contribution is -0.166. The van der Waals surface area contributed by atoms with Gasteiger partial charge in [-0.2, -0.15) is 0 Å². The van der Waals surface area contributed by atoms with Crippen LogP contribution in [0.25, 0.3) is 0 Å². The second-order valence-electron chi connectivity index (χ2n) is 20.5. The van der Waals surface area contributed by atoms with E-state index in [1.807, 2.05) is 12.2 Å². The van der Waals surface area contributed by atoms with Gasteiger partial charge in [0.05, 0.1) is 0 Å². The van der Waals surface area contributed by atoms with E-state index in [1.54, 1.807) is 0 Å². The molecule has 0 aromatic heterocycles. The molecule has 0 amide bonds. The van der Waals surface area contributed by atoms with Gasteiger partial charge in [-0.3, -0.25) is 14.4 Å². The van der Waals surface area contributed by atoms with Crippen LogP contribution in [0.2, 0.25) is 0 Å². The Bertz CT molecular complexity index is 1780. The summed E-state index contributed by atoms with van der Waals surface area (Å²) in [5.74, 6) is -1.03. The van der Waals surface area contributed by atoms with Crippen LogP contribution >= 0.6 is 0 Å². The molecule has 0 rings (SSSR count). The van der Waals surface area contributed by atoms with Crippen LogP contribution in [0.15, 0.2) is 158 Å². The lowest BCUT2D eigenvalue weighted by Crippen LogP contribution is -2.30. The van der Waals surface area contributed by atoms with Crippen LogP contribution in [-0.4, -0.2) is 37.2 Å². The predicted molar refractivity (Wildman–Crippen MR) is 343 cm³/mol. The maximum Gasteiger partial charge on any atom is 0.306 e. The number of ether oxygens (including phenoxy) is 3. The Morgan fingerprint density at radius 2 is 0.481 bits per heavy atom. The highest BCUT2D eigenvalue weighted by Crippen LogP contribution is 2.15. The Balaban J connectivity index is 4.31. The summed E-state index contributed by atoms with van der Waals surface area (Å²) in [6.45, 7) is 6.21. The number of allylic oxidation sites excluding steroid dienone is 26. The highest BCUT2D eigenvalue weighted by atomic mass is 16.6. The molecular formula is C73H116O6. The first-order chi connectivity index (χ1) is 39.0. The van der Waals surface area contributed by atoms with E-state index in [1.165, 1.54) is 83.5 Å².